The quantitative estimate of drug-likeness (QED) is 0.430. The summed E-state index contributed by atoms with van der Waals surface area (Å²) in [5, 5.41) is 3.52. The first kappa shape index (κ1) is 18.4. The third-order valence-electron chi connectivity index (χ3n) is 3.43. The minimum absolute atomic E-state index is 0.0233. The molecule has 3 rings (SSSR count). The third kappa shape index (κ3) is 3.75. The fourth-order valence-corrected chi connectivity index (χ4v) is 3.83. The Balaban J connectivity index is 1.95. The van der Waals surface area contributed by atoms with Gasteiger partial charge < -0.3 is 9.02 Å². The van der Waals surface area contributed by atoms with E-state index in [1.54, 1.807) is 25.1 Å². The van der Waals surface area contributed by atoms with E-state index in [1.807, 2.05) is 0 Å². The topological polar surface area (TPSA) is 82.0 Å². The van der Waals surface area contributed by atoms with Crippen LogP contribution in [0, 0.1) is 0 Å². The lowest BCUT2D eigenvalue weighted by Crippen LogP contribution is -2.10. The van der Waals surface area contributed by atoms with Crippen molar-refractivity contribution >= 4 is 51.1 Å². The molecule has 0 unspecified atom stereocenters. The van der Waals surface area contributed by atoms with Crippen LogP contribution in [0.15, 0.2) is 58.1 Å². The molecule has 2 aromatic rings. The van der Waals surface area contributed by atoms with Gasteiger partial charge in [-0.15, -0.1) is 0 Å². The van der Waals surface area contributed by atoms with Gasteiger partial charge in [-0.25, -0.2) is 4.79 Å². The Labute approximate surface area is 159 Å². The zero-order valence-corrected chi connectivity index (χ0v) is 15.6. The fourth-order valence-electron chi connectivity index (χ4n) is 2.17. The average Bonchev–Trinajstić information content (AvgIpc) is 2.91. The number of nitrogens with zero attached hydrogens (tertiary/aromatic N) is 1. The summed E-state index contributed by atoms with van der Waals surface area (Å²) in [4.78, 5) is 16.1. The van der Waals surface area contributed by atoms with Crippen LogP contribution in [0.1, 0.15) is 12.5 Å². The van der Waals surface area contributed by atoms with Crippen LogP contribution < -0.4 is 4.18 Å². The van der Waals surface area contributed by atoms with Crippen LogP contribution >= 0.6 is 23.2 Å². The van der Waals surface area contributed by atoms with Gasteiger partial charge in [-0.2, -0.15) is 8.42 Å². The van der Waals surface area contributed by atoms with Crippen LogP contribution in [0.3, 0.4) is 0 Å². The zero-order valence-electron chi connectivity index (χ0n) is 13.3. The van der Waals surface area contributed by atoms with Crippen molar-refractivity contribution in [3.05, 3.63) is 63.6 Å². The summed E-state index contributed by atoms with van der Waals surface area (Å²) in [6.07, 6.45) is 1.49. The highest BCUT2D eigenvalue weighted by atomic mass is 35.5. The second-order valence-electron chi connectivity index (χ2n) is 5.28. The van der Waals surface area contributed by atoms with Gasteiger partial charge in [-0.3, -0.25) is 0 Å². The molecule has 0 saturated carbocycles. The molecule has 0 atom stereocenters. The lowest BCUT2D eigenvalue weighted by Gasteiger charge is -2.11. The highest BCUT2D eigenvalue weighted by Gasteiger charge is 2.23. The van der Waals surface area contributed by atoms with Crippen molar-refractivity contribution in [1.82, 2.24) is 0 Å². The van der Waals surface area contributed by atoms with Crippen molar-refractivity contribution in [3.8, 4) is 5.75 Å². The highest BCUT2D eigenvalue weighted by Crippen LogP contribution is 2.37. The Morgan fingerprint density at radius 3 is 2.27 bits per heavy atom. The summed E-state index contributed by atoms with van der Waals surface area (Å²) in [5.74, 6) is -0.791. The van der Waals surface area contributed by atoms with E-state index in [9.17, 15) is 13.2 Å². The Hall–Kier alpha value is -2.35. The number of halogens is 2. The molecular formula is C17H11Cl2NO5S. The predicted molar refractivity (Wildman–Crippen MR) is 97.9 cm³/mol. The van der Waals surface area contributed by atoms with Crippen LogP contribution in [0.5, 0.6) is 5.75 Å². The Bertz CT molecular complexity index is 1020. The smallest absolute Gasteiger partial charge is 0.367 e. The first-order valence-corrected chi connectivity index (χ1v) is 9.41. The maximum Gasteiger partial charge on any atom is 0.367 e. The molecule has 0 saturated heterocycles. The van der Waals surface area contributed by atoms with Crippen molar-refractivity contribution in [3.63, 3.8) is 0 Å². The normalized spacial score (nSPS) is 15.7. The summed E-state index contributed by atoms with van der Waals surface area (Å²) in [6, 6.07) is 10.5. The van der Waals surface area contributed by atoms with Crippen LogP contribution in [0.25, 0.3) is 6.08 Å². The summed E-state index contributed by atoms with van der Waals surface area (Å²) in [6.45, 7) is 1.61. The molecule has 0 N–H and O–H groups in total. The number of hydrogen-bond donors (Lipinski definition) is 0. The Morgan fingerprint density at radius 1 is 1.12 bits per heavy atom. The largest absolute Gasteiger partial charge is 0.376 e. The summed E-state index contributed by atoms with van der Waals surface area (Å²) in [7, 11) is -4.09. The Kier molecular flexibility index (Phi) is 5.04. The lowest BCUT2D eigenvalue weighted by molar-refractivity contribution is -0.136. The molecule has 0 aliphatic carbocycles. The number of rotatable bonds is 4. The first-order valence-electron chi connectivity index (χ1n) is 7.24. The van der Waals surface area contributed by atoms with E-state index in [4.69, 9.17) is 27.4 Å². The molecule has 0 radical (unpaired) electrons. The van der Waals surface area contributed by atoms with Gasteiger partial charge in [0.2, 0.25) is 0 Å². The number of carbonyl (C=O) groups excluding carboxylic acids is 1. The third-order valence-corrected chi connectivity index (χ3v) is 5.23. The SMILES string of the molecule is CC1=NOC(=O)/C1=C\c1cc(Cl)c(OS(=O)(=O)c2ccccc2)c(Cl)c1. The average molecular weight is 412 g/mol. The monoisotopic (exact) mass is 411 g/mol. The molecule has 9 heteroatoms. The highest BCUT2D eigenvalue weighted by molar-refractivity contribution is 7.87. The van der Waals surface area contributed by atoms with Crippen molar-refractivity contribution in [2.24, 2.45) is 5.16 Å². The summed E-state index contributed by atoms with van der Waals surface area (Å²) in [5.41, 5.74) is 1.13. The van der Waals surface area contributed by atoms with E-state index in [2.05, 4.69) is 9.99 Å². The maximum absolute atomic E-state index is 12.3. The number of benzene rings is 2. The van der Waals surface area contributed by atoms with Crippen molar-refractivity contribution in [2.75, 3.05) is 0 Å². The fraction of sp³-hybridized carbons (Fsp3) is 0.0588. The van der Waals surface area contributed by atoms with Gasteiger partial charge in [0.05, 0.1) is 21.3 Å². The molecule has 0 fully saturated rings. The second kappa shape index (κ2) is 7.11. The molecule has 6 nitrogen and oxygen atoms in total. The van der Waals surface area contributed by atoms with E-state index in [1.165, 1.54) is 30.3 Å². The van der Waals surface area contributed by atoms with Gasteiger partial charge in [0.15, 0.2) is 5.75 Å². The van der Waals surface area contributed by atoms with E-state index in [0.29, 0.717) is 11.3 Å². The minimum atomic E-state index is -4.09. The van der Waals surface area contributed by atoms with Crippen LogP contribution in [-0.4, -0.2) is 20.1 Å². The van der Waals surface area contributed by atoms with Crippen molar-refractivity contribution in [1.29, 1.82) is 0 Å². The summed E-state index contributed by atoms with van der Waals surface area (Å²) < 4.78 is 29.7. The molecular weight excluding hydrogens is 401 g/mol. The van der Waals surface area contributed by atoms with Gasteiger partial charge in [-0.05, 0) is 42.8 Å². The van der Waals surface area contributed by atoms with Gasteiger partial charge in [0, 0.05) is 0 Å². The van der Waals surface area contributed by atoms with Gasteiger partial charge in [0.25, 0.3) is 0 Å². The van der Waals surface area contributed by atoms with Gasteiger partial charge >= 0.3 is 16.1 Å². The molecule has 2 aromatic carbocycles. The number of hydrogen-bond acceptors (Lipinski definition) is 6. The van der Waals surface area contributed by atoms with E-state index >= 15 is 0 Å². The van der Waals surface area contributed by atoms with Gasteiger partial charge in [0.1, 0.15) is 4.90 Å². The van der Waals surface area contributed by atoms with E-state index in [0.717, 1.165) is 0 Å². The lowest BCUT2D eigenvalue weighted by atomic mass is 10.1. The van der Waals surface area contributed by atoms with E-state index in [-0.39, 0.29) is 26.3 Å². The Morgan fingerprint density at radius 2 is 1.73 bits per heavy atom. The standard InChI is InChI=1S/C17H11Cl2NO5S/c1-10-13(17(21)24-20-10)7-11-8-14(18)16(15(19)9-11)25-26(22,23)12-5-3-2-4-6-12/h2-9H,1H3/b13-7-. The minimum Gasteiger partial charge on any atom is -0.376 e. The molecule has 1 aliphatic heterocycles. The maximum atomic E-state index is 12.3. The van der Waals surface area contributed by atoms with Crippen molar-refractivity contribution < 1.29 is 22.2 Å². The van der Waals surface area contributed by atoms with Gasteiger partial charge in [-0.1, -0.05) is 46.6 Å². The number of carbonyl (C=O) groups is 1. The molecule has 1 aliphatic rings. The second-order valence-corrected chi connectivity index (χ2v) is 7.64. The molecule has 0 amide bonds. The molecule has 0 aromatic heterocycles. The molecule has 0 bridgehead atoms. The number of oxime groups is 1. The molecule has 1 heterocycles. The van der Waals surface area contributed by atoms with E-state index < -0.39 is 16.1 Å². The summed E-state index contributed by atoms with van der Waals surface area (Å²) >= 11 is 12.3. The zero-order chi connectivity index (χ0) is 18.9. The molecule has 0 spiro atoms. The molecule has 26 heavy (non-hydrogen) atoms. The first-order chi connectivity index (χ1) is 12.3. The predicted octanol–water partition coefficient (Wildman–Crippen LogP) is 4.08. The molecule has 134 valence electrons. The van der Waals surface area contributed by atoms with Crippen LogP contribution in [-0.2, 0) is 19.8 Å². The van der Waals surface area contributed by atoms with Crippen LogP contribution in [0.4, 0.5) is 0 Å². The van der Waals surface area contributed by atoms with Crippen LogP contribution in [0.2, 0.25) is 10.0 Å². The van der Waals surface area contributed by atoms with Crippen molar-refractivity contribution in [2.45, 2.75) is 11.8 Å².